The van der Waals surface area contributed by atoms with Crippen LogP contribution in [0.4, 0.5) is 0 Å². The molecule has 0 unspecified atom stereocenters. The molecule has 1 saturated heterocycles. The number of nitrogens with zero attached hydrogens (tertiary/aromatic N) is 6. The third kappa shape index (κ3) is 5.48. The topological polar surface area (TPSA) is 77.5 Å². The molecule has 1 aliphatic rings. The molecule has 0 spiro atoms. The van der Waals surface area contributed by atoms with Gasteiger partial charge in [-0.15, -0.1) is 0 Å². The number of fused-ring (bicyclic) bond motifs is 1. The average Bonchev–Trinajstić information content (AvgIpc) is 3.21. The Bertz CT molecular complexity index is 1190. The SMILES string of the molecule is Cn1cnc2c1c(=O)n(CCCN1CCN(CCCOc3ccc(Cl)cc3)CC1)c(=O)n2C. The van der Waals surface area contributed by atoms with Crippen molar-refractivity contribution >= 4 is 22.8 Å². The Morgan fingerprint density at radius 2 is 1.58 bits per heavy atom. The quantitative estimate of drug-likeness (QED) is 0.438. The summed E-state index contributed by atoms with van der Waals surface area (Å²) in [6, 6.07) is 7.45. The van der Waals surface area contributed by atoms with Crippen LogP contribution in [0.2, 0.25) is 5.02 Å². The number of hydrogen-bond acceptors (Lipinski definition) is 6. The number of aromatic nitrogens is 4. The number of aryl methyl sites for hydroxylation is 2. The highest BCUT2D eigenvalue weighted by Crippen LogP contribution is 2.15. The van der Waals surface area contributed by atoms with E-state index in [1.807, 2.05) is 24.3 Å². The second-order valence-electron chi connectivity index (χ2n) is 8.52. The minimum Gasteiger partial charge on any atom is -0.494 e. The molecule has 0 saturated carbocycles. The molecular formula is C23H31ClN6O3. The molecule has 1 aromatic carbocycles. The normalized spacial score (nSPS) is 15.4. The van der Waals surface area contributed by atoms with E-state index in [1.165, 1.54) is 9.13 Å². The van der Waals surface area contributed by atoms with Crippen LogP contribution < -0.4 is 16.0 Å². The second kappa shape index (κ2) is 10.5. The molecule has 4 rings (SSSR count). The molecule has 33 heavy (non-hydrogen) atoms. The predicted octanol–water partition coefficient (Wildman–Crippen LogP) is 1.56. The Hall–Kier alpha value is -2.62. The van der Waals surface area contributed by atoms with Gasteiger partial charge in [-0.25, -0.2) is 9.78 Å². The van der Waals surface area contributed by atoms with Crippen LogP contribution in [0.1, 0.15) is 12.8 Å². The fourth-order valence-corrected chi connectivity index (χ4v) is 4.42. The molecule has 1 aliphatic heterocycles. The van der Waals surface area contributed by atoms with Crippen LogP contribution in [0.25, 0.3) is 11.2 Å². The van der Waals surface area contributed by atoms with Crippen molar-refractivity contribution in [2.45, 2.75) is 19.4 Å². The molecule has 10 heteroatoms. The maximum absolute atomic E-state index is 12.8. The van der Waals surface area contributed by atoms with E-state index < -0.39 is 0 Å². The first-order chi connectivity index (χ1) is 15.9. The van der Waals surface area contributed by atoms with E-state index in [0.29, 0.717) is 29.3 Å². The Kier molecular flexibility index (Phi) is 7.52. The van der Waals surface area contributed by atoms with E-state index in [2.05, 4.69) is 14.8 Å². The summed E-state index contributed by atoms with van der Waals surface area (Å²) in [5.74, 6) is 0.848. The van der Waals surface area contributed by atoms with Gasteiger partial charge in [-0.2, -0.15) is 0 Å². The van der Waals surface area contributed by atoms with Gasteiger partial charge in [-0.1, -0.05) is 11.6 Å². The van der Waals surface area contributed by atoms with Gasteiger partial charge in [0, 0.05) is 58.4 Å². The summed E-state index contributed by atoms with van der Waals surface area (Å²) in [5.41, 5.74) is 0.319. The third-order valence-electron chi connectivity index (χ3n) is 6.22. The molecule has 0 radical (unpaired) electrons. The highest BCUT2D eigenvalue weighted by molar-refractivity contribution is 6.30. The van der Waals surface area contributed by atoms with Crippen molar-refractivity contribution < 1.29 is 4.74 Å². The Morgan fingerprint density at radius 1 is 0.939 bits per heavy atom. The lowest BCUT2D eigenvalue weighted by Gasteiger charge is -2.34. The summed E-state index contributed by atoms with van der Waals surface area (Å²) in [6.07, 6.45) is 3.30. The zero-order chi connectivity index (χ0) is 23.4. The van der Waals surface area contributed by atoms with Gasteiger partial charge in [0.2, 0.25) is 0 Å². The van der Waals surface area contributed by atoms with Crippen LogP contribution in [0, 0.1) is 0 Å². The van der Waals surface area contributed by atoms with Crippen molar-refractivity contribution in [1.82, 2.24) is 28.5 Å². The highest BCUT2D eigenvalue weighted by atomic mass is 35.5. The van der Waals surface area contributed by atoms with Crippen molar-refractivity contribution in [3.8, 4) is 5.75 Å². The summed E-state index contributed by atoms with van der Waals surface area (Å²) < 4.78 is 10.2. The number of rotatable bonds is 9. The molecular weight excluding hydrogens is 444 g/mol. The number of piperazine rings is 1. The zero-order valence-corrected chi connectivity index (χ0v) is 20.0. The molecule has 178 valence electrons. The number of hydrogen-bond donors (Lipinski definition) is 0. The van der Waals surface area contributed by atoms with Gasteiger partial charge in [0.1, 0.15) is 5.75 Å². The standard InChI is InChI=1S/C23H31ClN6O3/c1-26-17-25-21-20(26)22(31)30(23(32)27(21)2)11-3-9-28-12-14-29(15-13-28)10-4-16-33-19-7-5-18(24)6-8-19/h5-8,17H,3-4,9-16H2,1-2H3. The van der Waals surface area contributed by atoms with Gasteiger partial charge in [-0.3, -0.25) is 13.9 Å². The van der Waals surface area contributed by atoms with Crippen LogP contribution >= 0.6 is 11.6 Å². The van der Waals surface area contributed by atoms with Crippen LogP contribution in [0.3, 0.4) is 0 Å². The average molecular weight is 475 g/mol. The first-order valence-electron chi connectivity index (χ1n) is 11.4. The molecule has 3 aromatic rings. The third-order valence-corrected chi connectivity index (χ3v) is 6.47. The smallest absolute Gasteiger partial charge is 0.332 e. The molecule has 0 amide bonds. The van der Waals surface area contributed by atoms with Crippen LogP contribution in [-0.4, -0.2) is 74.4 Å². The molecule has 2 aromatic heterocycles. The Morgan fingerprint density at radius 3 is 2.24 bits per heavy atom. The minimum absolute atomic E-state index is 0.265. The van der Waals surface area contributed by atoms with E-state index in [1.54, 1.807) is 25.0 Å². The van der Waals surface area contributed by atoms with E-state index in [4.69, 9.17) is 16.3 Å². The molecule has 1 fully saturated rings. The lowest BCUT2D eigenvalue weighted by molar-refractivity contribution is 0.124. The van der Waals surface area contributed by atoms with Crippen LogP contribution in [0.5, 0.6) is 5.75 Å². The van der Waals surface area contributed by atoms with Gasteiger partial charge >= 0.3 is 5.69 Å². The fourth-order valence-electron chi connectivity index (χ4n) is 4.29. The van der Waals surface area contributed by atoms with E-state index >= 15 is 0 Å². The van der Waals surface area contributed by atoms with Crippen LogP contribution in [-0.2, 0) is 20.6 Å². The molecule has 0 atom stereocenters. The van der Waals surface area contributed by atoms with E-state index in [9.17, 15) is 9.59 Å². The highest BCUT2D eigenvalue weighted by Gasteiger charge is 2.18. The lowest BCUT2D eigenvalue weighted by Crippen LogP contribution is -2.47. The number of halogens is 1. The minimum atomic E-state index is -0.308. The maximum Gasteiger partial charge on any atom is 0.332 e. The summed E-state index contributed by atoms with van der Waals surface area (Å²) in [4.78, 5) is 34.4. The summed E-state index contributed by atoms with van der Waals surface area (Å²) in [5, 5.41) is 0.712. The molecule has 0 bridgehead atoms. The fraction of sp³-hybridized carbons (Fsp3) is 0.522. The van der Waals surface area contributed by atoms with Crippen molar-refractivity contribution in [2.24, 2.45) is 14.1 Å². The van der Waals surface area contributed by atoms with E-state index in [-0.39, 0.29) is 11.2 Å². The first-order valence-corrected chi connectivity index (χ1v) is 11.8. The molecule has 0 aliphatic carbocycles. The van der Waals surface area contributed by atoms with Crippen LogP contribution in [0.15, 0.2) is 40.2 Å². The summed E-state index contributed by atoms with van der Waals surface area (Å²) in [7, 11) is 3.43. The largest absolute Gasteiger partial charge is 0.494 e. The van der Waals surface area contributed by atoms with Crippen molar-refractivity contribution in [1.29, 1.82) is 0 Å². The monoisotopic (exact) mass is 474 g/mol. The maximum atomic E-state index is 12.8. The van der Waals surface area contributed by atoms with Crippen molar-refractivity contribution in [2.75, 3.05) is 45.9 Å². The molecule has 9 nitrogen and oxygen atoms in total. The van der Waals surface area contributed by atoms with Gasteiger partial charge in [-0.05, 0) is 43.7 Å². The number of benzene rings is 1. The van der Waals surface area contributed by atoms with Gasteiger partial charge in [0.25, 0.3) is 5.56 Å². The molecule has 3 heterocycles. The van der Waals surface area contributed by atoms with Crippen molar-refractivity contribution in [3.05, 3.63) is 56.5 Å². The summed E-state index contributed by atoms with van der Waals surface area (Å²) >= 11 is 5.89. The van der Waals surface area contributed by atoms with Gasteiger partial charge in [0.15, 0.2) is 11.2 Å². The first kappa shape index (κ1) is 23.5. The van der Waals surface area contributed by atoms with Crippen molar-refractivity contribution in [3.63, 3.8) is 0 Å². The van der Waals surface area contributed by atoms with Gasteiger partial charge in [0.05, 0.1) is 12.9 Å². The summed E-state index contributed by atoms with van der Waals surface area (Å²) in [6.45, 7) is 7.00. The Labute approximate surface area is 197 Å². The Balaban J connectivity index is 1.19. The number of imidazole rings is 1. The van der Waals surface area contributed by atoms with Gasteiger partial charge < -0.3 is 19.1 Å². The predicted molar refractivity (Wildman–Crippen MR) is 129 cm³/mol. The molecule has 0 N–H and O–H groups in total. The lowest BCUT2D eigenvalue weighted by atomic mass is 10.2. The second-order valence-corrected chi connectivity index (χ2v) is 8.96. The zero-order valence-electron chi connectivity index (χ0n) is 19.2. The van der Waals surface area contributed by atoms with E-state index in [0.717, 1.165) is 57.9 Å². The number of ether oxygens (including phenoxy) is 1.